The molecular weight excluding hydrogens is 360 g/mol. The van der Waals surface area contributed by atoms with Crippen molar-refractivity contribution in [2.75, 3.05) is 12.8 Å². The number of thiophene rings is 1. The van der Waals surface area contributed by atoms with Crippen molar-refractivity contribution in [2.45, 2.75) is 58.2 Å². The van der Waals surface area contributed by atoms with Crippen molar-refractivity contribution in [2.24, 2.45) is 5.41 Å². The second kappa shape index (κ2) is 6.98. The number of hydrogen-bond acceptors (Lipinski definition) is 5. The first-order valence-electron chi connectivity index (χ1n) is 8.33. The van der Waals surface area contributed by atoms with Crippen LogP contribution in [0.3, 0.4) is 0 Å². The van der Waals surface area contributed by atoms with E-state index in [1.165, 1.54) is 21.9 Å². The van der Waals surface area contributed by atoms with Gasteiger partial charge in [-0.25, -0.2) is 8.42 Å². The van der Waals surface area contributed by atoms with Crippen LogP contribution in [0, 0.1) is 5.41 Å². The van der Waals surface area contributed by atoms with Crippen molar-refractivity contribution in [3.63, 3.8) is 0 Å². The largest absolute Gasteiger partial charge is 0.388 e. The molecule has 1 aromatic heterocycles. The lowest BCUT2D eigenvalue weighted by Crippen LogP contribution is -2.63. The molecule has 1 aliphatic rings. The molecule has 25 heavy (non-hydrogen) atoms. The molecule has 1 aliphatic heterocycles. The van der Waals surface area contributed by atoms with E-state index in [1.807, 2.05) is 38.3 Å². The lowest BCUT2D eigenvalue weighted by atomic mass is 9.82. The molecule has 1 amide bonds. The van der Waals surface area contributed by atoms with E-state index in [-0.39, 0.29) is 24.3 Å². The zero-order chi connectivity index (χ0) is 19.0. The molecule has 3 unspecified atom stereocenters. The van der Waals surface area contributed by atoms with E-state index in [1.54, 1.807) is 6.92 Å². The number of carbonyl (C=O) groups excluding carboxylic acids is 1. The topological polar surface area (TPSA) is 86.7 Å². The Morgan fingerprint density at radius 1 is 1.48 bits per heavy atom. The Labute approximate surface area is 154 Å². The molecule has 2 heterocycles. The van der Waals surface area contributed by atoms with Crippen molar-refractivity contribution < 1.29 is 18.3 Å². The molecule has 142 valence electrons. The lowest BCUT2D eigenvalue weighted by molar-refractivity contribution is -0.128. The van der Waals surface area contributed by atoms with Crippen molar-refractivity contribution >= 4 is 27.3 Å². The van der Waals surface area contributed by atoms with Crippen LogP contribution in [0.2, 0.25) is 0 Å². The first kappa shape index (κ1) is 20.4. The SMILES string of the molecule is CC(C)(C)CC(=O)NC1C(c2cccs2)N(S(C)(=O)=O)CCC1(C)O. The van der Waals surface area contributed by atoms with E-state index in [0.717, 1.165) is 4.88 Å². The van der Waals surface area contributed by atoms with E-state index in [2.05, 4.69) is 5.32 Å². The monoisotopic (exact) mass is 388 g/mol. The summed E-state index contributed by atoms with van der Waals surface area (Å²) in [5.41, 5.74) is -1.39. The first-order chi connectivity index (χ1) is 11.3. The van der Waals surface area contributed by atoms with Gasteiger partial charge in [0.1, 0.15) is 0 Å². The fourth-order valence-corrected chi connectivity index (χ4v) is 5.23. The molecular formula is C17H28N2O4S2. The molecule has 3 atom stereocenters. The smallest absolute Gasteiger partial charge is 0.220 e. The van der Waals surface area contributed by atoms with Gasteiger partial charge < -0.3 is 10.4 Å². The van der Waals surface area contributed by atoms with Crippen LogP contribution >= 0.6 is 11.3 Å². The Morgan fingerprint density at radius 2 is 2.12 bits per heavy atom. The third kappa shape index (κ3) is 5.03. The van der Waals surface area contributed by atoms with Crippen molar-refractivity contribution in [3.05, 3.63) is 22.4 Å². The number of sulfonamides is 1. The van der Waals surface area contributed by atoms with Crippen LogP contribution in [0.15, 0.2) is 17.5 Å². The third-order valence-corrected chi connectivity index (χ3v) is 6.61. The van der Waals surface area contributed by atoms with E-state index < -0.39 is 27.7 Å². The molecule has 0 saturated carbocycles. The molecule has 0 spiro atoms. The normalized spacial score (nSPS) is 28.7. The van der Waals surface area contributed by atoms with Gasteiger partial charge in [0, 0.05) is 17.8 Å². The fourth-order valence-electron chi connectivity index (χ4n) is 3.22. The molecule has 0 aromatic carbocycles. The van der Waals surface area contributed by atoms with Gasteiger partial charge in [-0.05, 0) is 30.2 Å². The number of amides is 1. The molecule has 1 saturated heterocycles. The lowest BCUT2D eigenvalue weighted by Gasteiger charge is -2.47. The van der Waals surface area contributed by atoms with Gasteiger partial charge in [-0.2, -0.15) is 4.31 Å². The van der Waals surface area contributed by atoms with Crippen LogP contribution in [-0.2, 0) is 14.8 Å². The van der Waals surface area contributed by atoms with Gasteiger partial charge in [-0.3, -0.25) is 4.79 Å². The minimum Gasteiger partial charge on any atom is -0.388 e. The summed E-state index contributed by atoms with van der Waals surface area (Å²) < 4.78 is 26.0. The average Bonchev–Trinajstić information content (AvgIpc) is 2.90. The van der Waals surface area contributed by atoms with Crippen molar-refractivity contribution in [1.82, 2.24) is 9.62 Å². The highest BCUT2D eigenvalue weighted by molar-refractivity contribution is 7.88. The van der Waals surface area contributed by atoms with Crippen LogP contribution < -0.4 is 5.32 Å². The highest BCUT2D eigenvalue weighted by Gasteiger charge is 2.49. The number of carbonyl (C=O) groups is 1. The van der Waals surface area contributed by atoms with E-state index in [0.29, 0.717) is 6.42 Å². The van der Waals surface area contributed by atoms with Gasteiger partial charge in [0.05, 0.1) is 23.9 Å². The van der Waals surface area contributed by atoms with Crippen LogP contribution in [-0.4, -0.2) is 48.2 Å². The number of nitrogens with zero attached hydrogens (tertiary/aromatic N) is 1. The third-order valence-electron chi connectivity index (χ3n) is 4.40. The van der Waals surface area contributed by atoms with Gasteiger partial charge >= 0.3 is 0 Å². The molecule has 0 radical (unpaired) electrons. The Kier molecular flexibility index (Phi) is 5.68. The second-order valence-corrected chi connectivity index (χ2v) is 11.1. The quantitative estimate of drug-likeness (QED) is 0.827. The number of rotatable bonds is 4. The number of hydrogen-bond donors (Lipinski definition) is 2. The average molecular weight is 389 g/mol. The predicted octanol–water partition coefficient (Wildman–Crippen LogP) is 2.13. The van der Waals surface area contributed by atoms with Gasteiger partial charge in [0.15, 0.2) is 0 Å². The van der Waals surface area contributed by atoms with Crippen LogP contribution in [0.25, 0.3) is 0 Å². The van der Waals surface area contributed by atoms with Crippen LogP contribution in [0.4, 0.5) is 0 Å². The molecule has 0 aliphatic carbocycles. The Morgan fingerprint density at radius 3 is 2.60 bits per heavy atom. The Hall–Kier alpha value is -0.960. The summed E-state index contributed by atoms with van der Waals surface area (Å²) in [6.07, 6.45) is 1.74. The van der Waals surface area contributed by atoms with E-state index in [9.17, 15) is 18.3 Å². The molecule has 2 rings (SSSR count). The molecule has 0 bridgehead atoms. The summed E-state index contributed by atoms with van der Waals surface area (Å²) in [7, 11) is -3.48. The summed E-state index contributed by atoms with van der Waals surface area (Å²) in [5.74, 6) is -0.185. The molecule has 1 aromatic rings. The minimum absolute atomic E-state index is 0.185. The maximum atomic E-state index is 12.5. The fraction of sp³-hybridized carbons (Fsp3) is 0.706. The maximum absolute atomic E-state index is 12.5. The zero-order valence-corrected chi connectivity index (χ0v) is 17.1. The summed E-state index contributed by atoms with van der Waals surface area (Å²) >= 11 is 1.43. The van der Waals surface area contributed by atoms with E-state index >= 15 is 0 Å². The van der Waals surface area contributed by atoms with Gasteiger partial charge in [0.2, 0.25) is 15.9 Å². The highest BCUT2D eigenvalue weighted by Crippen LogP contribution is 2.40. The first-order valence-corrected chi connectivity index (χ1v) is 11.1. The molecule has 2 N–H and O–H groups in total. The summed E-state index contributed by atoms with van der Waals surface area (Å²) in [4.78, 5) is 13.3. The summed E-state index contributed by atoms with van der Waals surface area (Å²) in [6.45, 7) is 7.77. The number of nitrogens with one attached hydrogen (secondary N) is 1. The van der Waals surface area contributed by atoms with Crippen LogP contribution in [0.1, 0.15) is 51.5 Å². The number of aliphatic hydroxyl groups is 1. The summed E-state index contributed by atoms with van der Waals surface area (Å²) in [6, 6.07) is 2.38. The molecule has 6 nitrogen and oxygen atoms in total. The van der Waals surface area contributed by atoms with Gasteiger partial charge in [-0.1, -0.05) is 26.8 Å². The molecule has 8 heteroatoms. The van der Waals surface area contributed by atoms with Gasteiger partial charge in [-0.15, -0.1) is 11.3 Å². The van der Waals surface area contributed by atoms with Crippen molar-refractivity contribution in [3.8, 4) is 0 Å². The van der Waals surface area contributed by atoms with Crippen LogP contribution in [0.5, 0.6) is 0 Å². The van der Waals surface area contributed by atoms with Gasteiger partial charge in [0.25, 0.3) is 0 Å². The second-order valence-electron chi connectivity index (χ2n) is 8.22. The van der Waals surface area contributed by atoms with E-state index in [4.69, 9.17) is 0 Å². The summed E-state index contributed by atoms with van der Waals surface area (Å²) in [5, 5.41) is 15.7. The highest BCUT2D eigenvalue weighted by atomic mass is 32.2. The standard InChI is InChI=1S/C17H28N2O4S2/c1-16(2,3)11-13(20)18-15-14(12-7-6-10-24-12)19(25(5,22)23)9-8-17(15,4)21/h6-7,10,14-15,21H,8-9,11H2,1-5H3,(H,18,20). The number of piperidine rings is 1. The van der Waals surface area contributed by atoms with Crippen molar-refractivity contribution in [1.29, 1.82) is 0 Å². The minimum atomic E-state index is -3.48. The zero-order valence-electron chi connectivity index (χ0n) is 15.4. The Bertz CT molecular complexity index is 706. The predicted molar refractivity (Wildman–Crippen MR) is 99.9 cm³/mol. The maximum Gasteiger partial charge on any atom is 0.220 e. The Balaban J connectivity index is 2.40. The molecule has 1 fully saturated rings.